The number of piperazine rings is 1. The third-order valence-electron chi connectivity index (χ3n) is 3.97. The van der Waals surface area contributed by atoms with Crippen molar-refractivity contribution in [3.8, 4) is 0 Å². The summed E-state index contributed by atoms with van der Waals surface area (Å²) >= 11 is 1.80. The van der Waals surface area contributed by atoms with Gasteiger partial charge in [-0.25, -0.2) is 4.98 Å². The third-order valence-corrected chi connectivity index (χ3v) is 5.10. The summed E-state index contributed by atoms with van der Waals surface area (Å²) in [5.41, 5.74) is 1.16. The van der Waals surface area contributed by atoms with E-state index in [0.717, 1.165) is 30.7 Å². The molecule has 1 N–H and O–H groups in total. The molecule has 1 aliphatic carbocycles. The number of nitrogens with zero attached hydrogens (tertiary/aromatic N) is 2. The fraction of sp³-hybridized carbons (Fsp3) is 0.769. The number of hydrogen-bond donors (Lipinski definition) is 1. The van der Waals surface area contributed by atoms with Crippen molar-refractivity contribution < 1.29 is 0 Å². The lowest BCUT2D eigenvalue weighted by molar-refractivity contribution is 0.144. The maximum absolute atomic E-state index is 4.63. The maximum Gasteiger partial charge on any atom is 0.110 e. The van der Waals surface area contributed by atoms with E-state index in [4.69, 9.17) is 0 Å². The van der Waals surface area contributed by atoms with Crippen molar-refractivity contribution in [3.63, 3.8) is 0 Å². The Balaban J connectivity index is 1.66. The van der Waals surface area contributed by atoms with Crippen LogP contribution in [0.15, 0.2) is 5.38 Å². The Hall–Kier alpha value is -0.450. The molecular formula is C13H21N3S. The van der Waals surface area contributed by atoms with Crippen molar-refractivity contribution in [2.45, 2.75) is 38.8 Å². The molecule has 4 heteroatoms. The van der Waals surface area contributed by atoms with Crippen LogP contribution in [0.5, 0.6) is 0 Å². The van der Waals surface area contributed by atoms with E-state index in [-0.39, 0.29) is 0 Å². The highest BCUT2D eigenvalue weighted by Crippen LogP contribution is 2.35. The minimum Gasteiger partial charge on any atom is -0.311 e. The molecule has 2 atom stereocenters. The zero-order chi connectivity index (χ0) is 11.8. The van der Waals surface area contributed by atoms with Crippen molar-refractivity contribution >= 4 is 11.3 Å². The van der Waals surface area contributed by atoms with Crippen LogP contribution in [0.3, 0.4) is 0 Å². The van der Waals surface area contributed by atoms with Crippen LogP contribution in [-0.4, -0.2) is 35.6 Å². The molecule has 0 aromatic carbocycles. The largest absolute Gasteiger partial charge is 0.311 e. The average Bonchev–Trinajstić information content (AvgIpc) is 3.11. The quantitative estimate of drug-likeness (QED) is 0.892. The van der Waals surface area contributed by atoms with E-state index in [1.807, 2.05) is 0 Å². The molecule has 1 aliphatic heterocycles. The molecule has 2 heterocycles. The second-order valence-corrected chi connectivity index (χ2v) is 6.29. The standard InChI is InChI=1S/C13H21N3S/c1-9-8-17-13(15-9)10(2)16-6-5-14-12(7-16)11-3-4-11/h8,10-12,14H,3-7H2,1-2H3. The summed E-state index contributed by atoms with van der Waals surface area (Å²) in [7, 11) is 0. The van der Waals surface area contributed by atoms with E-state index in [1.54, 1.807) is 11.3 Å². The highest BCUT2D eigenvalue weighted by Gasteiger charge is 2.35. The topological polar surface area (TPSA) is 28.2 Å². The number of rotatable bonds is 3. The second-order valence-electron chi connectivity index (χ2n) is 5.40. The summed E-state index contributed by atoms with van der Waals surface area (Å²) in [6, 6.07) is 1.21. The van der Waals surface area contributed by atoms with Crippen LogP contribution in [0, 0.1) is 12.8 Å². The predicted octanol–water partition coefficient (Wildman–Crippen LogP) is 2.20. The molecule has 2 fully saturated rings. The second kappa shape index (κ2) is 4.67. The van der Waals surface area contributed by atoms with E-state index in [9.17, 15) is 0 Å². The number of aromatic nitrogens is 1. The monoisotopic (exact) mass is 251 g/mol. The first-order valence-corrected chi connectivity index (χ1v) is 7.51. The summed E-state index contributed by atoms with van der Waals surface area (Å²) in [6.45, 7) is 7.87. The van der Waals surface area contributed by atoms with Gasteiger partial charge in [0.1, 0.15) is 5.01 Å². The minimum atomic E-state index is 0.483. The summed E-state index contributed by atoms with van der Waals surface area (Å²) in [5, 5.41) is 7.10. The van der Waals surface area contributed by atoms with Gasteiger partial charge in [-0.1, -0.05) is 0 Å². The lowest BCUT2D eigenvalue weighted by atomic mass is 10.1. The first-order chi connectivity index (χ1) is 8.24. The highest BCUT2D eigenvalue weighted by atomic mass is 32.1. The van der Waals surface area contributed by atoms with Gasteiger partial charge in [-0.15, -0.1) is 11.3 Å². The number of thiazole rings is 1. The van der Waals surface area contributed by atoms with Crippen molar-refractivity contribution in [2.24, 2.45) is 5.92 Å². The smallest absolute Gasteiger partial charge is 0.110 e. The Bertz CT molecular complexity index is 386. The minimum absolute atomic E-state index is 0.483. The van der Waals surface area contributed by atoms with E-state index in [0.29, 0.717) is 6.04 Å². The van der Waals surface area contributed by atoms with E-state index in [2.05, 4.69) is 34.4 Å². The molecule has 3 rings (SSSR count). The zero-order valence-electron chi connectivity index (χ0n) is 10.6. The van der Waals surface area contributed by atoms with Gasteiger partial charge in [-0.05, 0) is 32.6 Å². The van der Waals surface area contributed by atoms with Gasteiger partial charge in [0, 0.05) is 36.8 Å². The molecule has 94 valence electrons. The fourth-order valence-electron chi connectivity index (χ4n) is 2.69. The van der Waals surface area contributed by atoms with Crippen LogP contribution >= 0.6 is 11.3 Å². The summed E-state index contributed by atoms with van der Waals surface area (Å²) in [4.78, 5) is 7.22. The van der Waals surface area contributed by atoms with Crippen LogP contribution in [0.25, 0.3) is 0 Å². The van der Waals surface area contributed by atoms with Gasteiger partial charge in [0.25, 0.3) is 0 Å². The fourth-order valence-corrected chi connectivity index (χ4v) is 3.58. The molecule has 17 heavy (non-hydrogen) atoms. The van der Waals surface area contributed by atoms with E-state index in [1.165, 1.54) is 24.4 Å². The SMILES string of the molecule is Cc1csc(C(C)N2CCNC(C3CC3)C2)n1. The molecular weight excluding hydrogens is 230 g/mol. The molecule has 2 aliphatic rings. The highest BCUT2D eigenvalue weighted by molar-refractivity contribution is 7.09. The van der Waals surface area contributed by atoms with Crippen LogP contribution in [0.2, 0.25) is 0 Å². The van der Waals surface area contributed by atoms with Crippen molar-refractivity contribution in [1.82, 2.24) is 15.2 Å². The molecule has 0 bridgehead atoms. The normalized spacial score (nSPS) is 28.2. The van der Waals surface area contributed by atoms with E-state index < -0.39 is 0 Å². The molecule has 1 aromatic heterocycles. The van der Waals surface area contributed by atoms with Gasteiger partial charge < -0.3 is 5.32 Å². The molecule has 0 radical (unpaired) electrons. The predicted molar refractivity (Wildman–Crippen MR) is 71.4 cm³/mol. The van der Waals surface area contributed by atoms with Gasteiger partial charge in [0.2, 0.25) is 0 Å². The Kier molecular flexibility index (Phi) is 3.19. The number of nitrogens with one attached hydrogen (secondary N) is 1. The lowest BCUT2D eigenvalue weighted by Crippen LogP contribution is -2.52. The Morgan fingerprint density at radius 2 is 2.35 bits per heavy atom. The Morgan fingerprint density at radius 1 is 1.53 bits per heavy atom. The van der Waals surface area contributed by atoms with Gasteiger partial charge in [-0.3, -0.25) is 4.90 Å². The molecule has 3 nitrogen and oxygen atoms in total. The Labute approximate surface area is 107 Å². The Morgan fingerprint density at radius 3 is 3.00 bits per heavy atom. The van der Waals surface area contributed by atoms with Crippen molar-refractivity contribution in [2.75, 3.05) is 19.6 Å². The number of hydrogen-bond acceptors (Lipinski definition) is 4. The zero-order valence-corrected chi connectivity index (χ0v) is 11.5. The van der Waals surface area contributed by atoms with Crippen molar-refractivity contribution in [3.05, 3.63) is 16.1 Å². The molecule has 1 saturated carbocycles. The summed E-state index contributed by atoms with van der Waals surface area (Å²) in [5.74, 6) is 0.947. The first kappa shape index (κ1) is 11.6. The first-order valence-electron chi connectivity index (χ1n) is 6.63. The van der Waals surface area contributed by atoms with Crippen LogP contribution in [-0.2, 0) is 0 Å². The van der Waals surface area contributed by atoms with Crippen LogP contribution in [0.1, 0.15) is 36.5 Å². The molecule has 0 spiro atoms. The van der Waals surface area contributed by atoms with E-state index >= 15 is 0 Å². The molecule has 0 amide bonds. The lowest BCUT2D eigenvalue weighted by Gasteiger charge is -2.37. The van der Waals surface area contributed by atoms with Crippen LogP contribution in [0.4, 0.5) is 0 Å². The third kappa shape index (κ3) is 2.54. The van der Waals surface area contributed by atoms with Gasteiger partial charge in [0.05, 0.1) is 6.04 Å². The summed E-state index contributed by atoms with van der Waals surface area (Å²) < 4.78 is 0. The summed E-state index contributed by atoms with van der Waals surface area (Å²) in [6.07, 6.45) is 2.85. The maximum atomic E-state index is 4.63. The van der Waals surface area contributed by atoms with Crippen LogP contribution < -0.4 is 5.32 Å². The molecule has 2 unspecified atom stereocenters. The van der Waals surface area contributed by atoms with Crippen molar-refractivity contribution in [1.29, 1.82) is 0 Å². The van der Waals surface area contributed by atoms with Gasteiger partial charge in [-0.2, -0.15) is 0 Å². The molecule has 1 aromatic rings. The number of aryl methyl sites for hydroxylation is 1. The average molecular weight is 251 g/mol. The van der Waals surface area contributed by atoms with Gasteiger partial charge >= 0.3 is 0 Å². The molecule has 1 saturated heterocycles. The van der Waals surface area contributed by atoms with Gasteiger partial charge in [0.15, 0.2) is 0 Å².